The molecule has 22 heavy (non-hydrogen) atoms. The summed E-state index contributed by atoms with van der Waals surface area (Å²) < 4.78 is 5.12. The minimum absolute atomic E-state index is 0.0539. The molecule has 1 atom stereocenters. The Morgan fingerprint density at radius 2 is 2.36 bits per heavy atom. The maximum Gasteiger partial charge on any atom is 0.334 e. The number of aromatic nitrogens is 2. The van der Waals surface area contributed by atoms with Crippen molar-refractivity contribution in [3.8, 4) is 11.3 Å². The van der Waals surface area contributed by atoms with E-state index in [2.05, 4.69) is 9.97 Å². The molecule has 2 N–H and O–H groups in total. The highest BCUT2D eigenvalue weighted by molar-refractivity contribution is 7.09. The molecular weight excluding hydrogens is 306 g/mol. The van der Waals surface area contributed by atoms with Crippen molar-refractivity contribution >= 4 is 23.2 Å². The van der Waals surface area contributed by atoms with E-state index >= 15 is 0 Å². The van der Waals surface area contributed by atoms with Crippen LogP contribution < -0.4 is 0 Å². The summed E-state index contributed by atoms with van der Waals surface area (Å²) in [6.45, 7) is 2.58. The number of amides is 1. The molecule has 0 bridgehead atoms. The van der Waals surface area contributed by atoms with E-state index in [4.69, 9.17) is 9.84 Å². The zero-order chi connectivity index (χ0) is 15.7. The second kappa shape index (κ2) is 5.90. The lowest BCUT2D eigenvalue weighted by Gasteiger charge is -2.30. The summed E-state index contributed by atoms with van der Waals surface area (Å²) in [6.07, 6.45) is 0.768. The third-order valence-corrected chi connectivity index (χ3v) is 4.23. The predicted octanol–water partition coefficient (Wildman–Crippen LogP) is 1.37. The molecule has 0 saturated carbocycles. The molecule has 2 aromatic heterocycles. The summed E-state index contributed by atoms with van der Waals surface area (Å²) in [5.41, 5.74) is 2.09. The van der Waals surface area contributed by atoms with E-state index < -0.39 is 12.1 Å². The molecule has 0 spiro atoms. The van der Waals surface area contributed by atoms with E-state index in [-0.39, 0.29) is 19.1 Å². The number of hydrogen-bond acceptors (Lipinski definition) is 5. The number of aromatic amines is 1. The van der Waals surface area contributed by atoms with Crippen molar-refractivity contribution < 1.29 is 19.4 Å². The molecule has 116 valence electrons. The molecule has 3 heterocycles. The number of hydrogen-bond donors (Lipinski definition) is 2. The Balaban J connectivity index is 1.75. The summed E-state index contributed by atoms with van der Waals surface area (Å²) in [6, 6.07) is 1.74. The molecule has 1 fully saturated rings. The third-order valence-electron chi connectivity index (χ3n) is 3.46. The number of rotatable bonds is 3. The topological polar surface area (TPSA) is 95.5 Å². The van der Waals surface area contributed by atoms with Crippen molar-refractivity contribution in [2.24, 2.45) is 0 Å². The fourth-order valence-corrected chi connectivity index (χ4v) is 2.94. The number of thiazole rings is 1. The zero-order valence-electron chi connectivity index (χ0n) is 11.9. The van der Waals surface area contributed by atoms with Gasteiger partial charge in [0.25, 0.3) is 5.91 Å². The first-order valence-corrected chi connectivity index (χ1v) is 7.67. The Hall–Kier alpha value is -2.19. The molecule has 1 saturated heterocycles. The van der Waals surface area contributed by atoms with Crippen molar-refractivity contribution in [1.82, 2.24) is 14.9 Å². The highest BCUT2D eigenvalue weighted by Crippen LogP contribution is 2.23. The van der Waals surface area contributed by atoms with Crippen LogP contribution in [-0.2, 0) is 9.53 Å². The predicted molar refractivity (Wildman–Crippen MR) is 79.9 cm³/mol. The van der Waals surface area contributed by atoms with E-state index in [1.807, 2.05) is 12.3 Å². The van der Waals surface area contributed by atoms with Crippen LogP contribution >= 0.6 is 11.3 Å². The fraction of sp³-hybridized carbons (Fsp3) is 0.357. The summed E-state index contributed by atoms with van der Waals surface area (Å²) in [4.78, 5) is 32.2. The van der Waals surface area contributed by atoms with E-state index in [0.717, 1.165) is 16.3 Å². The maximum atomic E-state index is 12.4. The Labute approximate surface area is 130 Å². The lowest BCUT2D eigenvalue weighted by molar-refractivity contribution is -0.154. The highest BCUT2D eigenvalue weighted by Gasteiger charge is 2.30. The number of carboxylic acids is 1. The van der Waals surface area contributed by atoms with Crippen molar-refractivity contribution in [3.05, 3.63) is 28.3 Å². The molecule has 1 aliphatic rings. The van der Waals surface area contributed by atoms with Crippen LogP contribution in [0.25, 0.3) is 11.3 Å². The second-order valence-electron chi connectivity index (χ2n) is 5.00. The van der Waals surface area contributed by atoms with Crippen LogP contribution in [-0.4, -0.2) is 57.7 Å². The number of nitrogens with one attached hydrogen (secondary N) is 1. The number of carbonyl (C=O) groups is 2. The number of ether oxygens (including phenoxy) is 1. The van der Waals surface area contributed by atoms with Crippen LogP contribution in [0, 0.1) is 6.92 Å². The van der Waals surface area contributed by atoms with Crippen LogP contribution in [0.5, 0.6) is 0 Å². The maximum absolute atomic E-state index is 12.4. The zero-order valence-corrected chi connectivity index (χ0v) is 12.7. The Morgan fingerprint density at radius 3 is 3.05 bits per heavy atom. The van der Waals surface area contributed by atoms with Crippen LogP contribution in [0.1, 0.15) is 15.5 Å². The largest absolute Gasteiger partial charge is 0.479 e. The lowest BCUT2D eigenvalue weighted by Crippen LogP contribution is -2.48. The molecule has 0 aliphatic carbocycles. The number of carboxylic acid groups (broad SMARTS) is 1. The first-order valence-electron chi connectivity index (χ1n) is 6.79. The average molecular weight is 321 g/mol. The van der Waals surface area contributed by atoms with Crippen molar-refractivity contribution in [1.29, 1.82) is 0 Å². The number of H-pyrrole nitrogens is 1. The van der Waals surface area contributed by atoms with Gasteiger partial charge in [-0.25, -0.2) is 9.78 Å². The van der Waals surface area contributed by atoms with Gasteiger partial charge in [-0.2, -0.15) is 0 Å². The molecule has 1 aliphatic heterocycles. The van der Waals surface area contributed by atoms with Crippen LogP contribution in [0.3, 0.4) is 0 Å². The monoisotopic (exact) mass is 321 g/mol. The molecule has 8 heteroatoms. The Bertz CT molecular complexity index is 709. The van der Waals surface area contributed by atoms with Crippen LogP contribution in [0.2, 0.25) is 0 Å². The summed E-state index contributed by atoms with van der Waals surface area (Å²) >= 11 is 1.55. The van der Waals surface area contributed by atoms with E-state index in [9.17, 15) is 9.59 Å². The van der Waals surface area contributed by atoms with Gasteiger partial charge in [0.05, 0.1) is 23.9 Å². The first kappa shape index (κ1) is 14.7. The van der Waals surface area contributed by atoms with Gasteiger partial charge in [-0.1, -0.05) is 0 Å². The third kappa shape index (κ3) is 2.88. The van der Waals surface area contributed by atoms with Gasteiger partial charge in [0.2, 0.25) is 0 Å². The van der Waals surface area contributed by atoms with Crippen molar-refractivity contribution in [2.75, 3.05) is 19.7 Å². The van der Waals surface area contributed by atoms with E-state index in [1.165, 1.54) is 4.90 Å². The van der Waals surface area contributed by atoms with E-state index in [0.29, 0.717) is 12.2 Å². The van der Waals surface area contributed by atoms with Crippen LogP contribution in [0.15, 0.2) is 17.6 Å². The first-order chi connectivity index (χ1) is 10.5. The SMILES string of the molecule is Cc1nc(-c2c[nH]c(C(=O)N3CCO[C@@H](C(=O)O)C3)c2)cs1. The van der Waals surface area contributed by atoms with Gasteiger partial charge in [0.1, 0.15) is 5.69 Å². The van der Waals surface area contributed by atoms with Gasteiger partial charge in [-0.15, -0.1) is 11.3 Å². The highest BCUT2D eigenvalue weighted by atomic mass is 32.1. The molecule has 0 aromatic carbocycles. The number of morpholine rings is 1. The summed E-state index contributed by atoms with van der Waals surface area (Å²) in [5.74, 6) is -1.28. The van der Waals surface area contributed by atoms with Crippen LogP contribution in [0.4, 0.5) is 0 Å². The van der Waals surface area contributed by atoms with Crippen molar-refractivity contribution in [3.63, 3.8) is 0 Å². The van der Waals surface area contributed by atoms with Gasteiger partial charge in [0.15, 0.2) is 6.10 Å². The number of carbonyl (C=O) groups excluding carboxylic acids is 1. The fourth-order valence-electron chi connectivity index (χ4n) is 2.32. The normalized spacial score (nSPS) is 18.4. The minimum atomic E-state index is -1.05. The molecule has 7 nitrogen and oxygen atoms in total. The van der Waals surface area contributed by atoms with Gasteiger partial charge >= 0.3 is 5.97 Å². The lowest BCUT2D eigenvalue weighted by atomic mass is 10.2. The average Bonchev–Trinajstić information content (AvgIpc) is 3.15. The summed E-state index contributed by atoms with van der Waals surface area (Å²) in [5, 5.41) is 11.9. The number of aliphatic carboxylic acids is 1. The Morgan fingerprint density at radius 1 is 1.55 bits per heavy atom. The second-order valence-corrected chi connectivity index (χ2v) is 6.06. The molecular formula is C14H15N3O4S. The van der Waals surface area contributed by atoms with Crippen molar-refractivity contribution in [2.45, 2.75) is 13.0 Å². The quantitative estimate of drug-likeness (QED) is 0.890. The standard InChI is InChI=1S/C14H15N3O4S/c1-8-16-11(7-22-8)9-4-10(15-5-9)13(18)17-2-3-21-12(6-17)14(19)20/h4-5,7,12,15H,2-3,6H2,1H3,(H,19,20)/t12-/m1/s1. The molecule has 2 aromatic rings. The molecule has 1 amide bonds. The Kier molecular flexibility index (Phi) is 3.95. The van der Waals surface area contributed by atoms with Gasteiger partial charge in [-0.3, -0.25) is 4.79 Å². The summed E-state index contributed by atoms with van der Waals surface area (Å²) in [7, 11) is 0. The van der Waals surface area contributed by atoms with E-state index in [1.54, 1.807) is 23.6 Å². The minimum Gasteiger partial charge on any atom is -0.479 e. The molecule has 3 rings (SSSR count). The molecule has 0 unspecified atom stereocenters. The number of nitrogens with zero attached hydrogens (tertiary/aromatic N) is 2. The van der Waals surface area contributed by atoms with Gasteiger partial charge < -0.3 is 19.7 Å². The number of aryl methyl sites for hydroxylation is 1. The van der Waals surface area contributed by atoms with Gasteiger partial charge in [-0.05, 0) is 13.0 Å². The molecule has 0 radical (unpaired) electrons. The van der Waals surface area contributed by atoms with Gasteiger partial charge in [0, 0.05) is 23.7 Å². The smallest absolute Gasteiger partial charge is 0.334 e.